The van der Waals surface area contributed by atoms with Crippen LogP contribution in [0.5, 0.6) is 5.75 Å². The molecule has 0 saturated carbocycles. The summed E-state index contributed by atoms with van der Waals surface area (Å²) in [4.78, 5) is 14.1. The number of rotatable bonds is 4. The number of carbonyl (C=O) groups excluding carboxylic acids is 1. The van der Waals surface area contributed by atoms with Crippen molar-refractivity contribution in [2.45, 2.75) is 42.6 Å². The van der Waals surface area contributed by atoms with Gasteiger partial charge in [0.25, 0.3) is 0 Å². The molecule has 3 atom stereocenters. The summed E-state index contributed by atoms with van der Waals surface area (Å²) in [5.41, 5.74) is 6.93. The molecule has 0 bridgehead atoms. The number of para-hydroxylation sites is 1. The van der Waals surface area contributed by atoms with E-state index >= 15 is 0 Å². The third-order valence-corrected chi connectivity index (χ3v) is 6.39. The van der Waals surface area contributed by atoms with Gasteiger partial charge in [-0.1, -0.05) is 18.2 Å². The van der Waals surface area contributed by atoms with Crippen LogP contribution >= 0.6 is 11.8 Å². The Bertz CT molecular complexity index is 822. The van der Waals surface area contributed by atoms with E-state index in [1.54, 1.807) is 23.6 Å². The first kappa shape index (κ1) is 16.3. The number of hydrogen-bond acceptors (Lipinski definition) is 7. The minimum atomic E-state index is -0.437. The van der Waals surface area contributed by atoms with Crippen molar-refractivity contribution < 1.29 is 9.53 Å². The molecule has 0 spiro atoms. The Labute approximate surface area is 149 Å². The minimum absolute atomic E-state index is 0.0103. The fraction of sp³-hybridized carbons (Fsp3) is 0.500. The Morgan fingerprint density at radius 1 is 1.36 bits per heavy atom. The fourth-order valence-electron chi connectivity index (χ4n) is 3.58. The van der Waals surface area contributed by atoms with Gasteiger partial charge in [-0.2, -0.15) is 0 Å². The number of nitrogens with two attached hydrogens (primary N) is 1. The Kier molecular flexibility index (Phi) is 3.73. The molecule has 1 aromatic heterocycles. The second kappa shape index (κ2) is 5.70. The zero-order valence-corrected chi connectivity index (χ0v) is 15.1. The van der Waals surface area contributed by atoms with E-state index in [0.29, 0.717) is 12.4 Å². The maximum atomic E-state index is 12.3. The van der Waals surface area contributed by atoms with Crippen molar-refractivity contribution in [1.29, 1.82) is 0 Å². The van der Waals surface area contributed by atoms with Crippen molar-refractivity contribution in [1.82, 2.24) is 25.1 Å². The van der Waals surface area contributed by atoms with Crippen LogP contribution in [-0.2, 0) is 11.3 Å². The van der Waals surface area contributed by atoms with Gasteiger partial charge >= 0.3 is 0 Å². The van der Waals surface area contributed by atoms with Crippen LogP contribution in [-0.4, -0.2) is 54.3 Å². The van der Waals surface area contributed by atoms with Gasteiger partial charge in [0, 0.05) is 10.3 Å². The maximum Gasteiger partial charge on any atom is 0.244 e. The van der Waals surface area contributed by atoms with Gasteiger partial charge in [0.1, 0.15) is 23.2 Å². The van der Waals surface area contributed by atoms with E-state index in [1.807, 2.05) is 29.2 Å². The highest BCUT2D eigenvalue weighted by atomic mass is 32.2. The SMILES string of the molecule is COc1ccccc1Cn1nnnc1C1N2C(=O)C(N)[C@H]2SC1(C)C. The van der Waals surface area contributed by atoms with Crippen LogP contribution in [0.4, 0.5) is 0 Å². The summed E-state index contributed by atoms with van der Waals surface area (Å²) in [7, 11) is 1.64. The average molecular weight is 360 g/mol. The van der Waals surface area contributed by atoms with Crippen LogP contribution in [0.25, 0.3) is 0 Å². The summed E-state index contributed by atoms with van der Waals surface area (Å²) in [5, 5.41) is 12.2. The molecule has 0 radical (unpaired) electrons. The second-order valence-corrected chi connectivity index (χ2v) is 8.56. The van der Waals surface area contributed by atoms with Crippen molar-refractivity contribution >= 4 is 17.7 Å². The van der Waals surface area contributed by atoms with Gasteiger partial charge in [-0.05, 0) is 30.3 Å². The third kappa shape index (κ3) is 2.41. The zero-order chi connectivity index (χ0) is 17.8. The fourth-order valence-corrected chi connectivity index (χ4v) is 5.15. The van der Waals surface area contributed by atoms with Gasteiger partial charge in [-0.15, -0.1) is 16.9 Å². The molecule has 25 heavy (non-hydrogen) atoms. The molecule has 3 heterocycles. The summed E-state index contributed by atoms with van der Waals surface area (Å²) >= 11 is 1.70. The molecule has 2 fully saturated rings. The molecule has 8 nitrogen and oxygen atoms in total. The topological polar surface area (TPSA) is 99.2 Å². The summed E-state index contributed by atoms with van der Waals surface area (Å²) < 4.78 is 6.93. The summed E-state index contributed by atoms with van der Waals surface area (Å²) in [6.45, 7) is 4.67. The molecule has 2 aliphatic rings. The quantitative estimate of drug-likeness (QED) is 0.805. The molecule has 2 aliphatic heterocycles. The van der Waals surface area contributed by atoms with Crippen molar-refractivity contribution in [3.05, 3.63) is 35.7 Å². The first-order valence-corrected chi connectivity index (χ1v) is 8.95. The molecular weight excluding hydrogens is 340 g/mol. The number of hydrogen-bond donors (Lipinski definition) is 1. The lowest BCUT2D eigenvalue weighted by atomic mass is 9.95. The smallest absolute Gasteiger partial charge is 0.244 e. The number of aromatic nitrogens is 4. The van der Waals surface area contributed by atoms with E-state index in [9.17, 15) is 4.79 Å². The number of benzene rings is 1. The number of methoxy groups -OCH3 is 1. The van der Waals surface area contributed by atoms with Crippen LogP contribution in [0, 0.1) is 0 Å². The van der Waals surface area contributed by atoms with E-state index in [-0.39, 0.29) is 22.1 Å². The lowest BCUT2D eigenvalue weighted by Crippen LogP contribution is -2.65. The van der Waals surface area contributed by atoms with Crippen molar-refractivity contribution in [2.75, 3.05) is 7.11 Å². The monoisotopic (exact) mass is 360 g/mol. The van der Waals surface area contributed by atoms with E-state index in [1.165, 1.54) is 0 Å². The van der Waals surface area contributed by atoms with E-state index in [2.05, 4.69) is 29.4 Å². The number of amides is 1. The van der Waals surface area contributed by atoms with Gasteiger partial charge < -0.3 is 15.4 Å². The summed E-state index contributed by atoms with van der Waals surface area (Å²) in [5.74, 6) is 1.41. The molecule has 2 saturated heterocycles. The third-order valence-electron chi connectivity index (χ3n) is 4.80. The number of carbonyl (C=O) groups is 1. The van der Waals surface area contributed by atoms with Crippen LogP contribution < -0.4 is 10.5 Å². The number of tetrazole rings is 1. The van der Waals surface area contributed by atoms with Crippen LogP contribution in [0.1, 0.15) is 31.3 Å². The van der Waals surface area contributed by atoms with Crippen molar-refractivity contribution in [3.8, 4) is 5.75 Å². The van der Waals surface area contributed by atoms with Crippen LogP contribution in [0.3, 0.4) is 0 Å². The van der Waals surface area contributed by atoms with Gasteiger partial charge in [0.05, 0.1) is 13.7 Å². The standard InChI is InChI=1S/C16H20N6O2S/c1-16(2)12(22-14(23)11(17)15(22)25-16)13-18-19-20-21(13)8-9-6-4-5-7-10(9)24-3/h4-7,11-12,15H,8,17H2,1-3H3/t11?,12?,15-/m1/s1. The number of ether oxygens (including phenoxy) is 1. The lowest BCUT2D eigenvalue weighted by Gasteiger charge is -2.42. The van der Waals surface area contributed by atoms with Crippen molar-refractivity contribution in [2.24, 2.45) is 5.73 Å². The minimum Gasteiger partial charge on any atom is -0.496 e. The first-order valence-electron chi connectivity index (χ1n) is 8.07. The molecule has 4 rings (SSSR count). The molecule has 0 aliphatic carbocycles. The Morgan fingerprint density at radius 2 is 2.12 bits per heavy atom. The first-order chi connectivity index (χ1) is 11.9. The predicted molar refractivity (Wildman–Crippen MR) is 92.9 cm³/mol. The molecule has 9 heteroatoms. The van der Waals surface area contributed by atoms with Crippen LogP contribution in [0.15, 0.2) is 24.3 Å². The predicted octanol–water partition coefficient (Wildman–Crippen LogP) is 0.792. The van der Waals surface area contributed by atoms with E-state index in [4.69, 9.17) is 10.5 Å². The molecule has 2 aromatic rings. The van der Waals surface area contributed by atoms with E-state index < -0.39 is 6.04 Å². The van der Waals surface area contributed by atoms with Gasteiger partial charge in [0.2, 0.25) is 5.91 Å². The average Bonchev–Trinajstić information content (AvgIpc) is 3.14. The molecule has 132 valence electrons. The van der Waals surface area contributed by atoms with Crippen LogP contribution in [0.2, 0.25) is 0 Å². The van der Waals surface area contributed by atoms with E-state index in [0.717, 1.165) is 11.3 Å². The number of nitrogens with zero attached hydrogens (tertiary/aromatic N) is 5. The zero-order valence-electron chi connectivity index (χ0n) is 14.3. The Balaban J connectivity index is 1.69. The highest BCUT2D eigenvalue weighted by Crippen LogP contribution is 2.56. The summed E-state index contributed by atoms with van der Waals surface area (Å²) in [6, 6.07) is 7.11. The lowest BCUT2D eigenvalue weighted by molar-refractivity contribution is -0.147. The molecule has 1 aromatic carbocycles. The second-order valence-electron chi connectivity index (χ2n) is 6.79. The van der Waals surface area contributed by atoms with Gasteiger partial charge in [-0.3, -0.25) is 4.79 Å². The number of β-lactam (4-membered cyclic amide) rings is 1. The van der Waals surface area contributed by atoms with Gasteiger partial charge in [-0.25, -0.2) is 4.68 Å². The summed E-state index contributed by atoms with van der Waals surface area (Å²) in [6.07, 6.45) is 0. The highest BCUT2D eigenvalue weighted by molar-refractivity contribution is 8.01. The largest absolute Gasteiger partial charge is 0.496 e. The normalized spacial score (nSPS) is 27.1. The molecule has 2 unspecified atom stereocenters. The molecular formula is C16H20N6O2S. The molecule has 2 N–H and O–H groups in total. The number of fused-ring (bicyclic) bond motifs is 1. The van der Waals surface area contributed by atoms with Gasteiger partial charge in [0.15, 0.2) is 5.82 Å². The maximum absolute atomic E-state index is 12.3. The Morgan fingerprint density at radius 3 is 2.88 bits per heavy atom. The highest BCUT2D eigenvalue weighted by Gasteiger charge is 2.62. The van der Waals surface area contributed by atoms with Crippen molar-refractivity contribution in [3.63, 3.8) is 0 Å². The Hall–Kier alpha value is -2.13. The number of thioether (sulfide) groups is 1. The molecule has 1 amide bonds.